The van der Waals surface area contributed by atoms with E-state index in [1.165, 1.54) is 12.8 Å². The molecule has 1 saturated heterocycles. The molecule has 0 aromatic carbocycles. The van der Waals surface area contributed by atoms with Crippen molar-refractivity contribution in [2.45, 2.75) is 12.8 Å². The highest BCUT2D eigenvalue weighted by molar-refractivity contribution is 9.09. The first-order valence-electron chi connectivity index (χ1n) is 4.38. The van der Waals surface area contributed by atoms with Gasteiger partial charge in [-0.2, -0.15) is 0 Å². The fourth-order valence-electron chi connectivity index (χ4n) is 1.98. The van der Waals surface area contributed by atoms with Gasteiger partial charge in [-0.3, -0.25) is 4.79 Å². The van der Waals surface area contributed by atoms with Gasteiger partial charge in [0, 0.05) is 12.8 Å². The topological polar surface area (TPSA) is 43.1 Å². The number of hydrogen-bond acceptors (Lipinski definition) is 1. The van der Waals surface area contributed by atoms with E-state index in [0.29, 0.717) is 6.54 Å². The number of amides is 1. The molecular formula is C8H16BrN2O+. The quantitative estimate of drug-likeness (QED) is 0.559. The average molecular weight is 236 g/mol. The van der Waals surface area contributed by atoms with Crippen molar-refractivity contribution in [2.24, 2.45) is 5.73 Å². The Labute approximate surface area is 81.6 Å². The van der Waals surface area contributed by atoms with E-state index in [1.54, 1.807) is 0 Å². The number of carbonyl (C=O) groups is 1. The minimum Gasteiger partial charge on any atom is -0.365 e. The van der Waals surface area contributed by atoms with E-state index in [-0.39, 0.29) is 5.91 Å². The summed E-state index contributed by atoms with van der Waals surface area (Å²) in [7, 11) is 0. The fourth-order valence-corrected chi connectivity index (χ4v) is 2.73. The second-order valence-corrected chi connectivity index (χ2v) is 4.33. The van der Waals surface area contributed by atoms with Gasteiger partial charge in [0.25, 0.3) is 5.91 Å². The first kappa shape index (κ1) is 9.99. The molecule has 4 heteroatoms. The average Bonchev–Trinajstić information content (AvgIpc) is 2.36. The molecule has 1 heterocycles. The number of nitrogens with zero attached hydrogens (tertiary/aromatic N) is 1. The number of rotatable bonds is 4. The Kier molecular flexibility index (Phi) is 3.53. The van der Waals surface area contributed by atoms with Gasteiger partial charge in [-0.1, -0.05) is 15.9 Å². The molecule has 1 rings (SSSR count). The van der Waals surface area contributed by atoms with Crippen molar-refractivity contribution in [3.05, 3.63) is 0 Å². The van der Waals surface area contributed by atoms with Crippen LogP contribution in [0.3, 0.4) is 0 Å². The van der Waals surface area contributed by atoms with Crippen LogP contribution in [-0.2, 0) is 4.79 Å². The van der Waals surface area contributed by atoms with Gasteiger partial charge in [0.1, 0.15) is 0 Å². The molecule has 1 amide bonds. The van der Waals surface area contributed by atoms with E-state index in [1.807, 2.05) is 0 Å². The lowest BCUT2D eigenvalue weighted by Gasteiger charge is -2.32. The van der Waals surface area contributed by atoms with Crippen LogP contribution >= 0.6 is 15.9 Å². The maximum atomic E-state index is 10.8. The molecule has 70 valence electrons. The summed E-state index contributed by atoms with van der Waals surface area (Å²) in [6.07, 6.45) is 2.47. The van der Waals surface area contributed by atoms with Gasteiger partial charge < -0.3 is 10.2 Å². The van der Waals surface area contributed by atoms with Crippen molar-refractivity contribution in [1.29, 1.82) is 0 Å². The zero-order valence-corrected chi connectivity index (χ0v) is 8.85. The Morgan fingerprint density at radius 2 is 2.00 bits per heavy atom. The van der Waals surface area contributed by atoms with E-state index in [0.717, 1.165) is 29.4 Å². The van der Waals surface area contributed by atoms with Gasteiger partial charge in [0.2, 0.25) is 0 Å². The van der Waals surface area contributed by atoms with E-state index in [2.05, 4.69) is 15.9 Å². The smallest absolute Gasteiger partial charge is 0.272 e. The third kappa shape index (κ3) is 2.45. The molecule has 0 aliphatic carbocycles. The number of quaternary nitrogens is 1. The summed E-state index contributed by atoms with van der Waals surface area (Å²) in [5, 5.41) is 0.959. The zero-order chi connectivity index (χ0) is 9.03. The Morgan fingerprint density at radius 1 is 1.42 bits per heavy atom. The molecule has 12 heavy (non-hydrogen) atoms. The molecule has 0 saturated carbocycles. The Morgan fingerprint density at radius 3 is 2.42 bits per heavy atom. The van der Waals surface area contributed by atoms with Gasteiger partial charge in [0.15, 0.2) is 6.54 Å². The summed E-state index contributed by atoms with van der Waals surface area (Å²) < 4.78 is 0.903. The largest absolute Gasteiger partial charge is 0.365 e. The summed E-state index contributed by atoms with van der Waals surface area (Å²) in [5.74, 6) is -0.169. The van der Waals surface area contributed by atoms with Crippen molar-refractivity contribution in [3.63, 3.8) is 0 Å². The Hall–Kier alpha value is -0.0900. The van der Waals surface area contributed by atoms with Crippen LogP contribution in [0.25, 0.3) is 0 Å². The van der Waals surface area contributed by atoms with E-state index < -0.39 is 0 Å². The van der Waals surface area contributed by atoms with Crippen molar-refractivity contribution in [2.75, 3.05) is 31.5 Å². The van der Waals surface area contributed by atoms with Crippen molar-refractivity contribution < 1.29 is 9.28 Å². The van der Waals surface area contributed by atoms with Crippen LogP contribution in [0.5, 0.6) is 0 Å². The Balaban J connectivity index is 2.52. The molecule has 1 aliphatic rings. The maximum Gasteiger partial charge on any atom is 0.272 e. The number of likely N-dealkylation sites (tertiary alicyclic amines) is 1. The monoisotopic (exact) mass is 235 g/mol. The highest BCUT2D eigenvalue weighted by atomic mass is 79.9. The molecule has 1 aliphatic heterocycles. The third-order valence-corrected chi connectivity index (χ3v) is 2.92. The molecule has 0 aromatic rings. The number of nitrogens with two attached hydrogens (primary N) is 1. The second-order valence-electron chi connectivity index (χ2n) is 3.53. The van der Waals surface area contributed by atoms with E-state index in [4.69, 9.17) is 5.73 Å². The van der Waals surface area contributed by atoms with Crippen LogP contribution < -0.4 is 5.73 Å². The summed E-state index contributed by atoms with van der Waals surface area (Å²) in [4.78, 5) is 10.8. The standard InChI is InChI=1S/C8H15BrN2O/c9-3-6-11(7-8(10)12)4-1-2-5-11/h1-7H2,(H-,10,12)/p+1. The molecular weight excluding hydrogens is 220 g/mol. The van der Waals surface area contributed by atoms with Gasteiger partial charge in [0.05, 0.1) is 25.0 Å². The minimum absolute atomic E-state index is 0.169. The van der Waals surface area contributed by atoms with Gasteiger partial charge >= 0.3 is 0 Å². The van der Waals surface area contributed by atoms with Crippen LogP contribution in [0.15, 0.2) is 0 Å². The predicted octanol–water partition coefficient (Wildman–Crippen LogP) is 0.477. The lowest BCUT2D eigenvalue weighted by Crippen LogP contribution is -2.51. The molecule has 1 fully saturated rings. The first-order chi connectivity index (χ1) is 5.68. The molecule has 0 bridgehead atoms. The van der Waals surface area contributed by atoms with Crippen LogP contribution in [0, 0.1) is 0 Å². The summed E-state index contributed by atoms with van der Waals surface area (Å²) >= 11 is 3.42. The zero-order valence-electron chi connectivity index (χ0n) is 7.26. The lowest BCUT2D eigenvalue weighted by atomic mass is 10.4. The van der Waals surface area contributed by atoms with Crippen LogP contribution in [0.2, 0.25) is 0 Å². The van der Waals surface area contributed by atoms with Crippen molar-refractivity contribution in [3.8, 4) is 0 Å². The number of hydrogen-bond donors (Lipinski definition) is 1. The highest BCUT2D eigenvalue weighted by Crippen LogP contribution is 2.18. The summed E-state index contributed by atoms with van der Waals surface area (Å²) in [5.41, 5.74) is 5.22. The number of carbonyl (C=O) groups excluding carboxylic acids is 1. The molecule has 0 spiro atoms. The predicted molar refractivity (Wildman–Crippen MR) is 52.0 cm³/mol. The van der Waals surface area contributed by atoms with Crippen LogP contribution in [0.4, 0.5) is 0 Å². The van der Waals surface area contributed by atoms with Gasteiger partial charge in [-0.25, -0.2) is 0 Å². The second kappa shape index (κ2) is 4.23. The first-order valence-corrected chi connectivity index (χ1v) is 5.50. The van der Waals surface area contributed by atoms with Crippen molar-refractivity contribution in [1.82, 2.24) is 0 Å². The fraction of sp³-hybridized carbons (Fsp3) is 0.875. The summed E-state index contributed by atoms with van der Waals surface area (Å²) in [6.45, 7) is 3.79. The van der Waals surface area contributed by atoms with Gasteiger partial charge in [-0.05, 0) is 0 Å². The molecule has 0 aromatic heterocycles. The number of halogens is 1. The third-order valence-electron chi connectivity index (χ3n) is 2.57. The Bertz CT molecular complexity index is 166. The van der Waals surface area contributed by atoms with E-state index in [9.17, 15) is 4.79 Å². The molecule has 3 nitrogen and oxygen atoms in total. The molecule has 2 N–H and O–H groups in total. The van der Waals surface area contributed by atoms with Crippen LogP contribution in [0.1, 0.15) is 12.8 Å². The lowest BCUT2D eigenvalue weighted by molar-refractivity contribution is -0.906. The SMILES string of the molecule is NC(=O)C[N+]1(CCBr)CCCC1. The normalized spacial score (nSPS) is 21.1. The van der Waals surface area contributed by atoms with Crippen molar-refractivity contribution >= 4 is 21.8 Å². The minimum atomic E-state index is -0.169. The highest BCUT2D eigenvalue weighted by Gasteiger charge is 2.32. The molecule has 0 atom stereocenters. The maximum absolute atomic E-state index is 10.8. The van der Waals surface area contributed by atoms with E-state index >= 15 is 0 Å². The number of alkyl halides is 1. The number of primary amides is 1. The molecule has 0 unspecified atom stereocenters. The van der Waals surface area contributed by atoms with Crippen LogP contribution in [-0.4, -0.2) is 41.9 Å². The molecule has 0 radical (unpaired) electrons. The van der Waals surface area contributed by atoms with Gasteiger partial charge in [-0.15, -0.1) is 0 Å². The summed E-state index contributed by atoms with van der Waals surface area (Å²) in [6, 6.07) is 0.